The second kappa shape index (κ2) is 8.16. The zero-order valence-electron chi connectivity index (χ0n) is 13.0. The van der Waals surface area contributed by atoms with E-state index >= 15 is 0 Å². The second-order valence-corrected chi connectivity index (χ2v) is 8.18. The molecule has 26 heavy (non-hydrogen) atoms. The van der Waals surface area contributed by atoms with Gasteiger partial charge in [-0.05, 0) is 25.1 Å². The summed E-state index contributed by atoms with van der Waals surface area (Å²) in [6, 6.07) is 9.13. The third kappa shape index (κ3) is 4.93. The fraction of sp³-hybridized carbons (Fsp3) is 0.0769. The molecule has 0 saturated carbocycles. The molecule has 2 aromatic rings. The van der Waals surface area contributed by atoms with Gasteiger partial charge < -0.3 is 0 Å². The van der Waals surface area contributed by atoms with Crippen molar-refractivity contribution in [2.75, 3.05) is 0 Å². The Labute approximate surface area is 155 Å². The predicted molar refractivity (Wildman–Crippen MR) is 96.2 cm³/mol. The summed E-state index contributed by atoms with van der Waals surface area (Å²) in [6.07, 6.45) is 0. The van der Waals surface area contributed by atoms with Crippen LogP contribution >= 0.6 is 11.9 Å². The van der Waals surface area contributed by atoms with Crippen molar-refractivity contribution >= 4 is 44.7 Å². The van der Waals surface area contributed by atoms with Gasteiger partial charge in [0, 0.05) is 18.0 Å². The smallest absolute Gasteiger partial charge is 0.258 e. The van der Waals surface area contributed by atoms with Crippen LogP contribution in [0.25, 0.3) is 0 Å². The second-order valence-electron chi connectivity index (χ2n) is 4.78. The van der Waals surface area contributed by atoms with Crippen molar-refractivity contribution in [3.05, 3.63) is 68.3 Å². The zero-order chi connectivity index (χ0) is 19.3. The Kier molecular flexibility index (Phi) is 6.18. The minimum absolute atomic E-state index is 0.00267. The lowest BCUT2D eigenvalue weighted by atomic mass is 10.2. The number of nitro groups is 2. The summed E-state index contributed by atoms with van der Waals surface area (Å²) in [6.45, 7) is 1.81. The molecule has 0 aliphatic rings. The lowest BCUT2D eigenvalue weighted by Crippen LogP contribution is -1.95. The molecule has 136 valence electrons. The van der Waals surface area contributed by atoms with Crippen molar-refractivity contribution in [1.29, 1.82) is 0 Å². The van der Waals surface area contributed by atoms with Gasteiger partial charge in [-0.25, -0.2) is 0 Å². The van der Waals surface area contributed by atoms with Crippen LogP contribution in [0.2, 0.25) is 0 Å². The van der Waals surface area contributed by atoms with Crippen molar-refractivity contribution < 1.29 is 18.3 Å². The number of nitrogens with zero attached hydrogens (tertiary/aromatic N) is 4. The van der Waals surface area contributed by atoms with E-state index in [-0.39, 0.29) is 9.79 Å². The van der Waals surface area contributed by atoms with Crippen LogP contribution in [0.3, 0.4) is 0 Å². The molecule has 0 saturated heterocycles. The first-order valence-corrected chi connectivity index (χ1v) is 9.65. The summed E-state index contributed by atoms with van der Waals surface area (Å²) < 4.78 is 31.1. The van der Waals surface area contributed by atoms with Gasteiger partial charge in [-0.3, -0.25) is 20.2 Å². The fourth-order valence-corrected chi connectivity index (χ4v) is 4.05. The van der Waals surface area contributed by atoms with E-state index in [0.29, 0.717) is 23.3 Å². The van der Waals surface area contributed by atoms with Crippen LogP contribution in [0, 0.1) is 27.2 Å². The number of benzene rings is 2. The molecule has 0 N–H and O–H groups in total. The maximum Gasteiger partial charge on any atom is 0.293 e. The van der Waals surface area contributed by atoms with Crippen LogP contribution in [0.15, 0.2) is 59.8 Å². The van der Waals surface area contributed by atoms with Crippen LogP contribution in [0.5, 0.6) is 0 Å². The molecule has 0 amide bonds. The van der Waals surface area contributed by atoms with Crippen molar-refractivity contribution in [2.45, 2.75) is 16.7 Å². The fourth-order valence-electron chi connectivity index (χ4n) is 1.71. The minimum Gasteiger partial charge on any atom is -0.258 e. The van der Waals surface area contributed by atoms with E-state index < -0.39 is 31.2 Å². The van der Waals surface area contributed by atoms with Gasteiger partial charge in [0.25, 0.3) is 21.4 Å². The van der Waals surface area contributed by atoms with Gasteiger partial charge in [-0.1, -0.05) is 21.5 Å². The Morgan fingerprint density at radius 2 is 1.65 bits per heavy atom. The van der Waals surface area contributed by atoms with E-state index in [1.165, 1.54) is 18.2 Å². The first kappa shape index (κ1) is 19.7. The molecule has 0 bridgehead atoms. The lowest BCUT2D eigenvalue weighted by Gasteiger charge is -1.98. The molecule has 0 aromatic heterocycles. The molecule has 0 heterocycles. The quantitative estimate of drug-likeness (QED) is 0.398. The first-order chi connectivity index (χ1) is 12.2. The standard InChI is InChI=1S/C13H10N4O6S3/c1-9-2-5-11(6-3-9)26(22,23)15-25-14-24-13-7-4-10(16(18)19)8-12(13)17(20)21/h2-8H,1H3. The van der Waals surface area contributed by atoms with E-state index in [4.69, 9.17) is 0 Å². The van der Waals surface area contributed by atoms with Crippen molar-refractivity contribution in [3.8, 4) is 0 Å². The number of rotatable bonds is 6. The monoisotopic (exact) mass is 414 g/mol. The maximum absolute atomic E-state index is 12.0. The highest BCUT2D eigenvalue weighted by Gasteiger charge is 2.19. The van der Waals surface area contributed by atoms with Crippen molar-refractivity contribution in [2.24, 2.45) is 7.54 Å². The molecule has 13 heteroatoms. The molecular formula is C13H10N4O6S3. The normalized spacial score (nSPS) is 10.8. The third-order valence-corrected chi connectivity index (χ3v) is 6.00. The molecule has 0 radical (unpaired) electrons. The molecule has 2 rings (SSSR count). The summed E-state index contributed by atoms with van der Waals surface area (Å²) in [5.74, 6) is 0. The highest BCUT2D eigenvalue weighted by atomic mass is 32.2. The number of non-ortho nitro benzene ring substituents is 1. The number of hydrogen-bond donors (Lipinski definition) is 0. The van der Waals surface area contributed by atoms with Gasteiger partial charge in [0.05, 0.1) is 32.2 Å². The number of aryl methyl sites for hydroxylation is 1. The number of hydrogen-bond acceptors (Lipinski definition) is 8. The summed E-state index contributed by atoms with van der Waals surface area (Å²) in [5.41, 5.74) is -0.0439. The van der Waals surface area contributed by atoms with Gasteiger partial charge in [0.15, 0.2) is 0 Å². The van der Waals surface area contributed by atoms with Gasteiger partial charge in [0.1, 0.15) is 4.90 Å². The Morgan fingerprint density at radius 3 is 2.23 bits per heavy atom. The van der Waals surface area contributed by atoms with Crippen LogP contribution < -0.4 is 0 Å². The van der Waals surface area contributed by atoms with Crippen molar-refractivity contribution in [3.63, 3.8) is 0 Å². The Hall–Kier alpha value is -2.64. The van der Waals surface area contributed by atoms with E-state index in [1.807, 2.05) is 6.92 Å². The van der Waals surface area contributed by atoms with Crippen LogP contribution in [-0.2, 0) is 21.4 Å². The summed E-state index contributed by atoms with van der Waals surface area (Å²) in [7, 11) is -3.92. The average molecular weight is 414 g/mol. The summed E-state index contributed by atoms with van der Waals surface area (Å²) in [5, 5.41) is 21.7. The third-order valence-electron chi connectivity index (χ3n) is 2.97. The first-order valence-electron chi connectivity index (χ1n) is 6.71. The highest BCUT2D eigenvalue weighted by Crippen LogP contribution is 2.32. The van der Waals surface area contributed by atoms with E-state index in [2.05, 4.69) is 7.54 Å². The number of sulfonamides is 1. The van der Waals surface area contributed by atoms with Crippen LogP contribution in [-0.4, -0.2) is 18.3 Å². The van der Waals surface area contributed by atoms with Gasteiger partial charge in [-0.15, -0.1) is 3.77 Å². The SMILES string of the molecule is Cc1ccc(S(=O)(=O)N=S=NSc2ccc([N+](=O)[O-])cc2[N+](=O)[O-])cc1. The van der Waals surface area contributed by atoms with Gasteiger partial charge >= 0.3 is 0 Å². The summed E-state index contributed by atoms with van der Waals surface area (Å²) in [4.78, 5) is 20.2. The lowest BCUT2D eigenvalue weighted by molar-refractivity contribution is -0.396. The maximum atomic E-state index is 12.0. The summed E-state index contributed by atoms with van der Waals surface area (Å²) >= 11 is 0.953. The molecule has 0 spiro atoms. The molecule has 0 unspecified atom stereocenters. The largest absolute Gasteiger partial charge is 0.293 e. The molecule has 0 aliphatic heterocycles. The molecular weight excluding hydrogens is 404 g/mol. The number of nitro benzene ring substituents is 2. The minimum atomic E-state index is -3.92. The van der Waals surface area contributed by atoms with E-state index in [0.717, 1.165) is 17.7 Å². The molecule has 2 aromatic carbocycles. The van der Waals surface area contributed by atoms with Crippen LogP contribution in [0.4, 0.5) is 11.4 Å². The predicted octanol–water partition coefficient (Wildman–Crippen LogP) is 3.66. The van der Waals surface area contributed by atoms with E-state index in [1.54, 1.807) is 12.1 Å². The van der Waals surface area contributed by atoms with E-state index in [9.17, 15) is 28.6 Å². The highest BCUT2D eigenvalue weighted by molar-refractivity contribution is 8.02. The van der Waals surface area contributed by atoms with Gasteiger partial charge in [-0.2, -0.15) is 8.42 Å². The molecule has 0 aliphatic carbocycles. The van der Waals surface area contributed by atoms with Crippen LogP contribution in [0.1, 0.15) is 5.56 Å². The molecule has 10 nitrogen and oxygen atoms in total. The Morgan fingerprint density at radius 1 is 1.00 bits per heavy atom. The molecule has 0 fully saturated rings. The zero-order valence-corrected chi connectivity index (χ0v) is 15.5. The van der Waals surface area contributed by atoms with Crippen molar-refractivity contribution in [1.82, 2.24) is 0 Å². The topological polar surface area (TPSA) is 145 Å². The van der Waals surface area contributed by atoms with Gasteiger partial charge in [0.2, 0.25) is 0 Å². The Bertz CT molecular complexity index is 1030. The molecule has 0 atom stereocenters. The average Bonchev–Trinajstić information content (AvgIpc) is 2.59. The Balaban J connectivity index is 2.24.